The fraction of sp³-hybridized carbons (Fsp3) is 0.360. The molecule has 0 saturated carbocycles. The molecule has 2 aromatic carbocycles. The summed E-state index contributed by atoms with van der Waals surface area (Å²) in [6.45, 7) is 5.73. The van der Waals surface area contributed by atoms with Gasteiger partial charge >= 0.3 is 0 Å². The number of rotatable bonds is 6. The van der Waals surface area contributed by atoms with Gasteiger partial charge in [0.05, 0.1) is 0 Å². The van der Waals surface area contributed by atoms with E-state index in [-0.39, 0.29) is 0 Å². The Morgan fingerprint density at radius 2 is 1.59 bits per heavy atom. The summed E-state index contributed by atoms with van der Waals surface area (Å²) < 4.78 is 11.5. The van der Waals surface area contributed by atoms with Gasteiger partial charge in [0.15, 0.2) is 0 Å². The smallest absolute Gasteiger partial charge is 0.267 e. The molecule has 5 N–H and O–H groups in total. The molecule has 34 heavy (non-hydrogen) atoms. The van der Waals surface area contributed by atoms with Crippen molar-refractivity contribution in [3.63, 3.8) is 0 Å². The molecule has 1 fully saturated rings. The molecule has 0 aromatic heterocycles. The van der Waals surface area contributed by atoms with Crippen LogP contribution in [0.3, 0.4) is 0 Å². The lowest BCUT2D eigenvalue weighted by molar-refractivity contribution is -0.132. The highest BCUT2D eigenvalue weighted by Crippen LogP contribution is 2.11. The first-order valence-electron chi connectivity index (χ1n) is 11.0. The maximum Gasteiger partial charge on any atom is 0.267 e. The standard InChI is InChI=1S/C25H30N4O4S/c1-25(2,26)22(24(31)28-32)27-23(30)21-11-9-19(10-12-21)4-3-18-5-7-20(8-6-18)17-29-13-15-34(33)16-14-29/h5-12,22,32H,13-17,26H2,1-2H3,(H,27,30)(H,28,31). The van der Waals surface area contributed by atoms with Crippen LogP contribution in [-0.4, -0.2) is 62.3 Å². The van der Waals surface area contributed by atoms with Crippen LogP contribution in [0.2, 0.25) is 0 Å². The van der Waals surface area contributed by atoms with Crippen LogP contribution in [0.1, 0.15) is 40.9 Å². The number of nitrogens with zero attached hydrogens (tertiary/aromatic N) is 1. The number of hydrogen-bond acceptors (Lipinski definition) is 6. The number of benzene rings is 2. The third-order valence-corrected chi connectivity index (χ3v) is 6.80. The highest BCUT2D eigenvalue weighted by Gasteiger charge is 2.33. The van der Waals surface area contributed by atoms with Crippen molar-refractivity contribution >= 4 is 22.6 Å². The van der Waals surface area contributed by atoms with E-state index in [1.54, 1.807) is 38.1 Å². The lowest BCUT2D eigenvalue weighted by Crippen LogP contribution is -2.61. The van der Waals surface area contributed by atoms with Crippen LogP contribution in [0.25, 0.3) is 0 Å². The molecule has 0 radical (unpaired) electrons. The lowest BCUT2D eigenvalue weighted by Gasteiger charge is -2.29. The number of hydrogen-bond donors (Lipinski definition) is 4. The van der Waals surface area contributed by atoms with Crippen LogP contribution in [-0.2, 0) is 22.1 Å². The minimum absolute atomic E-state index is 0.344. The number of nitrogens with two attached hydrogens (primary N) is 1. The summed E-state index contributed by atoms with van der Waals surface area (Å²) in [6.07, 6.45) is 0. The van der Waals surface area contributed by atoms with Gasteiger partial charge in [-0.05, 0) is 55.8 Å². The summed E-state index contributed by atoms with van der Waals surface area (Å²) in [5, 5.41) is 11.5. The zero-order valence-corrected chi connectivity index (χ0v) is 20.2. The number of nitrogens with one attached hydrogen (secondary N) is 2. The molecule has 0 aliphatic carbocycles. The second-order valence-electron chi connectivity index (χ2n) is 8.85. The largest absolute Gasteiger partial charge is 0.338 e. The average Bonchev–Trinajstić information content (AvgIpc) is 2.82. The molecule has 0 bridgehead atoms. The first-order chi connectivity index (χ1) is 16.2. The van der Waals surface area contributed by atoms with Crippen molar-refractivity contribution in [1.82, 2.24) is 15.7 Å². The van der Waals surface area contributed by atoms with Crippen LogP contribution in [0.4, 0.5) is 0 Å². The molecule has 0 spiro atoms. The van der Waals surface area contributed by atoms with E-state index in [1.165, 1.54) is 11.0 Å². The Kier molecular flexibility index (Phi) is 8.58. The third-order valence-electron chi connectivity index (χ3n) is 5.52. The third kappa shape index (κ3) is 7.23. The van der Waals surface area contributed by atoms with Gasteiger partial charge in [0, 0.05) is 64.2 Å². The van der Waals surface area contributed by atoms with Gasteiger partial charge in [-0.3, -0.25) is 23.9 Å². The fourth-order valence-corrected chi connectivity index (χ4v) is 4.63. The molecule has 9 heteroatoms. The molecule has 1 aliphatic heterocycles. The van der Waals surface area contributed by atoms with E-state index in [0.717, 1.165) is 42.3 Å². The SMILES string of the molecule is CC(C)(N)C(NC(=O)c1ccc(C#Cc2ccc(CN3CCS(=O)CC3)cc2)cc1)C(=O)NO. The van der Waals surface area contributed by atoms with Gasteiger partial charge in [0.1, 0.15) is 6.04 Å². The van der Waals surface area contributed by atoms with Gasteiger partial charge in [0.2, 0.25) is 0 Å². The average molecular weight is 483 g/mol. The van der Waals surface area contributed by atoms with E-state index >= 15 is 0 Å². The van der Waals surface area contributed by atoms with Crippen LogP contribution in [0.15, 0.2) is 48.5 Å². The molecule has 3 rings (SSSR count). The molecule has 1 unspecified atom stereocenters. The summed E-state index contributed by atoms with van der Waals surface area (Å²) in [6, 6.07) is 13.7. The van der Waals surface area contributed by atoms with Crippen molar-refractivity contribution in [3.05, 3.63) is 70.8 Å². The summed E-state index contributed by atoms with van der Waals surface area (Å²) in [5.74, 6) is 6.41. The minimum atomic E-state index is -1.11. The van der Waals surface area contributed by atoms with E-state index in [4.69, 9.17) is 10.9 Å². The van der Waals surface area contributed by atoms with Gasteiger partial charge in [-0.15, -0.1) is 0 Å². The van der Waals surface area contributed by atoms with E-state index in [2.05, 4.69) is 34.2 Å². The second kappa shape index (κ2) is 11.4. The van der Waals surface area contributed by atoms with Crippen molar-refractivity contribution in [2.75, 3.05) is 24.6 Å². The first kappa shape index (κ1) is 25.6. The number of hydroxylamine groups is 1. The van der Waals surface area contributed by atoms with Gasteiger partial charge in [0.25, 0.3) is 11.8 Å². The Hall–Kier alpha value is -3.03. The Bertz CT molecular complexity index is 1090. The monoisotopic (exact) mass is 482 g/mol. The fourth-order valence-electron chi connectivity index (χ4n) is 3.50. The summed E-state index contributed by atoms with van der Waals surface area (Å²) >= 11 is 0. The number of amides is 2. The second-order valence-corrected chi connectivity index (χ2v) is 10.5. The molecule has 8 nitrogen and oxygen atoms in total. The van der Waals surface area contributed by atoms with Crippen molar-refractivity contribution in [2.45, 2.75) is 32.0 Å². The summed E-state index contributed by atoms with van der Waals surface area (Å²) in [4.78, 5) is 26.7. The van der Waals surface area contributed by atoms with Crippen LogP contribution >= 0.6 is 0 Å². The molecule has 1 heterocycles. The zero-order chi connectivity index (χ0) is 24.7. The highest BCUT2D eigenvalue weighted by atomic mass is 32.2. The molecule has 1 saturated heterocycles. The topological polar surface area (TPSA) is 125 Å². The zero-order valence-electron chi connectivity index (χ0n) is 19.3. The molecule has 2 amide bonds. The first-order valence-corrected chi connectivity index (χ1v) is 12.5. The predicted molar refractivity (Wildman–Crippen MR) is 131 cm³/mol. The molecule has 1 aliphatic rings. The molecular weight excluding hydrogens is 452 g/mol. The van der Waals surface area contributed by atoms with Crippen molar-refractivity contribution in [3.8, 4) is 11.8 Å². The quantitative estimate of drug-likeness (QED) is 0.277. The lowest BCUT2D eigenvalue weighted by atomic mass is 9.95. The molecule has 1 atom stereocenters. The Morgan fingerprint density at radius 3 is 2.09 bits per heavy atom. The molecule has 180 valence electrons. The van der Waals surface area contributed by atoms with Gasteiger partial charge in [-0.25, -0.2) is 5.48 Å². The Morgan fingerprint density at radius 1 is 1.06 bits per heavy atom. The highest BCUT2D eigenvalue weighted by molar-refractivity contribution is 7.85. The van der Waals surface area contributed by atoms with E-state index in [0.29, 0.717) is 5.56 Å². The van der Waals surface area contributed by atoms with Gasteiger partial charge in [-0.1, -0.05) is 24.0 Å². The van der Waals surface area contributed by atoms with Crippen molar-refractivity contribution < 1.29 is 19.0 Å². The normalized spacial score (nSPS) is 15.6. The van der Waals surface area contributed by atoms with Crippen LogP contribution < -0.4 is 16.5 Å². The molecule has 2 aromatic rings. The van der Waals surface area contributed by atoms with E-state index in [1.807, 2.05) is 12.1 Å². The number of carbonyl (C=O) groups is 2. The van der Waals surface area contributed by atoms with Crippen molar-refractivity contribution in [1.29, 1.82) is 0 Å². The van der Waals surface area contributed by atoms with Crippen LogP contribution in [0, 0.1) is 11.8 Å². The van der Waals surface area contributed by atoms with Gasteiger partial charge < -0.3 is 11.1 Å². The maximum absolute atomic E-state index is 12.5. The number of carbonyl (C=O) groups excluding carboxylic acids is 2. The van der Waals surface area contributed by atoms with Crippen molar-refractivity contribution in [2.24, 2.45) is 5.73 Å². The summed E-state index contributed by atoms with van der Waals surface area (Å²) in [7, 11) is -0.669. The summed E-state index contributed by atoms with van der Waals surface area (Å²) in [5.41, 5.74) is 9.57. The Labute approximate surface area is 202 Å². The van der Waals surface area contributed by atoms with Gasteiger partial charge in [-0.2, -0.15) is 0 Å². The molecular formula is C25H30N4O4S. The minimum Gasteiger partial charge on any atom is -0.338 e. The van der Waals surface area contributed by atoms with Crippen LogP contribution in [0.5, 0.6) is 0 Å². The Balaban J connectivity index is 1.59. The van der Waals surface area contributed by atoms with E-state index < -0.39 is 34.2 Å². The predicted octanol–water partition coefficient (Wildman–Crippen LogP) is 0.992. The van der Waals surface area contributed by atoms with E-state index in [9.17, 15) is 13.8 Å². The maximum atomic E-state index is 12.5.